The first kappa shape index (κ1) is 14.0. The van der Waals surface area contributed by atoms with Gasteiger partial charge in [0.2, 0.25) is 0 Å². The molecule has 0 aliphatic carbocycles. The maximum absolute atomic E-state index is 13.7. The fourth-order valence-corrected chi connectivity index (χ4v) is 1.98. The second-order valence-corrected chi connectivity index (χ2v) is 4.02. The first-order valence-electron chi connectivity index (χ1n) is 6.13. The van der Waals surface area contributed by atoms with E-state index in [-0.39, 0.29) is 12.4 Å². The second kappa shape index (κ2) is 5.73. The summed E-state index contributed by atoms with van der Waals surface area (Å²) in [5.74, 6) is -0.884. The molecule has 0 bridgehead atoms. The Morgan fingerprint density at radius 1 is 1.45 bits per heavy atom. The lowest BCUT2D eigenvalue weighted by Gasteiger charge is -2.12. The number of esters is 1. The van der Waals surface area contributed by atoms with Gasteiger partial charge in [-0.05, 0) is 13.0 Å². The highest BCUT2D eigenvalue weighted by molar-refractivity contribution is 6.05. The Hall–Kier alpha value is -2.37. The molecule has 1 aromatic heterocycles. The van der Waals surface area contributed by atoms with Gasteiger partial charge in [-0.2, -0.15) is 0 Å². The van der Waals surface area contributed by atoms with Gasteiger partial charge in [-0.1, -0.05) is 0 Å². The summed E-state index contributed by atoms with van der Waals surface area (Å²) in [7, 11) is 3.05. The fraction of sp³-hybridized carbons (Fsp3) is 0.286. The molecule has 0 aliphatic rings. The van der Waals surface area contributed by atoms with Crippen molar-refractivity contribution in [2.24, 2.45) is 0 Å². The molecular formula is C14H15FN2O3. The van der Waals surface area contributed by atoms with E-state index in [0.717, 1.165) is 0 Å². The number of hydrogen-bond donors (Lipinski definition) is 1. The van der Waals surface area contributed by atoms with E-state index >= 15 is 0 Å². The lowest BCUT2D eigenvalue weighted by molar-refractivity contribution is 0.0527. The van der Waals surface area contributed by atoms with E-state index in [2.05, 4.69) is 10.3 Å². The van der Waals surface area contributed by atoms with Crippen LogP contribution < -0.4 is 10.1 Å². The number of fused-ring (bicyclic) bond motifs is 1. The molecule has 1 heterocycles. The Labute approximate surface area is 115 Å². The highest BCUT2D eigenvalue weighted by Crippen LogP contribution is 2.31. The molecule has 0 spiro atoms. The molecule has 0 aliphatic heterocycles. The monoisotopic (exact) mass is 278 g/mol. The summed E-state index contributed by atoms with van der Waals surface area (Å²) >= 11 is 0. The van der Waals surface area contributed by atoms with Crippen molar-refractivity contribution in [2.45, 2.75) is 6.92 Å². The maximum atomic E-state index is 13.7. The van der Waals surface area contributed by atoms with Crippen molar-refractivity contribution in [3.05, 3.63) is 29.7 Å². The zero-order chi connectivity index (χ0) is 14.7. The smallest absolute Gasteiger partial charge is 0.341 e. The van der Waals surface area contributed by atoms with Gasteiger partial charge in [0.25, 0.3) is 0 Å². The molecule has 0 atom stereocenters. The predicted octanol–water partition coefficient (Wildman–Crippen LogP) is 2.60. The van der Waals surface area contributed by atoms with Gasteiger partial charge in [0.1, 0.15) is 5.56 Å². The third kappa shape index (κ3) is 2.36. The minimum Gasteiger partial charge on any atom is -0.494 e. The molecule has 0 saturated carbocycles. The van der Waals surface area contributed by atoms with Crippen LogP contribution in [0.2, 0.25) is 0 Å². The van der Waals surface area contributed by atoms with Crippen molar-refractivity contribution < 1.29 is 18.7 Å². The second-order valence-electron chi connectivity index (χ2n) is 4.02. The molecule has 0 radical (unpaired) electrons. The van der Waals surface area contributed by atoms with Crippen LogP contribution in [0.1, 0.15) is 17.3 Å². The molecule has 6 heteroatoms. The summed E-state index contributed by atoms with van der Waals surface area (Å²) in [5.41, 5.74) is 1.27. The van der Waals surface area contributed by atoms with Crippen LogP contribution in [0.4, 0.5) is 10.1 Å². The van der Waals surface area contributed by atoms with Crippen molar-refractivity contribution in [3.8, 4) is 5.75 Å². The van der Waals surface area contributed by atoms with E-state index in [9.17, 15) is 9.18 Å². The van der Waals surface area contributed by atoms with Crippen molar-refractivity contribution in [3.63, 3.8) is 0 Å². The number of benzene rings is 1. The van der Waals surface area contributed by atoms with Crippen LogP contribution in [-0.4, -0.2) is 31.7 Å². The number of halogens is 1. The van der Waals surface area contributed by atoms with Crippen molar-refractivity contribution in [1.29, 1.82) is 0 Å². The van der Waals surface area contributed by atoms with Crippen LogP contribution in [-0.2, 0) is 4.74 Å². The van der Waals surface area contributed by atoms with Crippen LogP contribution in [0.15, 0.2) is 18.3 Å². The molecular weight excluding hydrogens is 263 g/mol. The van der Waals surface area contributed by atoms with Crippen LogP contribution in [0, 0.1) is 5.82 Å². The first-order valence-corrected chi connectivity index (χ1v) is 6.13. The Kier molecular flexibility index (Phi) is 4.02. The topological polar surface area (TPSA) is 60.5 Å². The average molecular weight is 278 g/mol. The van der Waals surface area contributed by atoms with E-state index in [1.54, 1.807) is 14.0 Å². The van der Waals surface area contributed by atoms with Gasteiger partial charge < -0.3 is 14.8 Å². The van der Waals surface area contributed by atoms with E-state index in [4.69, 9.17) is 9.47 Å². The number of carbonyl (C=O) groups is 1. The van der Waals surface area contributed by atoms with Crippen molar-refractivity contribution in [1.82, 2.24) is 4.98 Å². The van der Waals surface area contributed by atoms with Gasteiger partial charge in [-0.15, -0.1) is 0 Å². The molecule has 2 rings (SSSR count). The average Bonchev–Trinajstić information content (AvgIpc) is 2.45. The molecule has 20 heavy (non-hydrogen) atoms. The number of pyridine rings is 1. The van der Waals surface area contributed by atoms with E-state index < -0.39 is 11.8 Å². The highest BCUT2D eigenvalue weighted by atomic mass is 19.1. The van der Waals surface area contributed by atoms with Crippen molar-refractivity contribution in [2.75, 3.05) is 26.1 Å². The zero-order valence-electron chi connectivity index (χ0n) is 11.5. The van der Waals surface area contributed by atoms with E-state index in [0.29, 0.717) is 22.2 Å². The van der Waals surface area contributed by atoms with Gasteiger partial charge >= 0.3 is 5.97 Å². The molecule has 2 aromatic rings. The molecule has 1 N–H and O–H groups in total. The lowest BCUT2D eigenvalue weighted by atomic mass is 10.1. The number of ether oxygens (including phenoxy) is 2. The maximum Gasteiger partial charge on any atom is 0.341 e. The molecule has 0 amide bonds. The van der Waals surface area contributed by atoms with Crippen LogP contribution in [0.25, 0.3) is 10.9 Å². The predicted molar refractivity (Wildman–Crippen MR) is 73.8 cm³/mol. The highest BCUT2D eigenvalue weighted by Gasteiger charge is 2.17. The number of hydrogen-bond acceptors (Lipinski definition) is 5. The molecule has 0 unspecified atom stereocenters. The van der Waals surface area contributed by atoms with Gasteiger partial charge in [0.15, 0.2) is 11.6 Å². The normalized spacial score (nSPS) is 10.4. The van der Waals surface area contributed by atoms with Crippen LogP contribution in [0.5, 0.6) is 5.75 Å². The Balaban J connectivity index is 2.68. The summed E-state index contributed by atoms with van der Waals surface area (Å²) in [5, 5.41) is 3.52. The number of nitrogens with one attached hydrogen (secondary N) is 1. The van der Waals surface area contributed by atoms with Gasteiger partial charge in [-0.25, -0.2) is 9.18 Å². The number of rotatable bonds is 4. The van der Waals surface area contributed by atoms with Gasteiger partial charge in [0.05, 0.1) is 24.9 Å². The largest absolute Gasteiger partial charge is 0.494 e. The molecule has 106 valence electrons. The summed E-state index contributed by atoms with van der Waals surface area (Å²) in [6.45, 7) is 2.00. The number of carbonyl (C=O) groups excluding carboxylic acids is 1. The summed E-state index contributed by atoms with van der Waals surface area (Å²) < 4.78 is 23.6. The van der Waals surface area contributed by atoms with Gasteiger partial charge in [-0.3, -0.25) is 4.98 Å². The SMILES string of the molecule is CCOC(=O)c1cnc2cc(F)c(OC)cc2c1NC. The van der Waals surface area contributed by atoms with Crippen LogP contribution >= 0.6 is 0 Å². The quantitative estimate of drug-likeness (QED) is 0.871. The van der Waals surface area contributed by atoms with Crippen LogP contribution in [0.3, 0.4) is 0 Å². The van der Waals surface area contributed by atoms with E-state index in [1.165, 1.54) is 25.4 Å². The fourth-order valence-electron chi connectivity index (χ4n) is 1.98. The minimum atomic E-state index is -0.501. The number of aromatic nitrogens is 1. The zero-order valence-corrected chi connectivity index (χ0v) is 11.5. The Morgan fingerprint density at radius 3 is 2.80 bits per heavy atom. The molecule has 0 fully saturated rings. The number of nitrogens with zero attached hydrogens (tertiary/aromatic N) is 1. The van der Waals surface area contributed by atoms with E-state index in [1.807, 2.05) is 0 Å². The van der Waals surface area contributed by atoms with Gasteiger partial charge in [0, 0.05) is 24.7 Å². The third-order valence-electron chi connectivity index (χ3n) is 2.89. The first-order chi connectivity index (χ1) is 9.62. The summed E-state index contributed by atoms with van der Waals surface area (Å²) in [4.78, 5) is 16.0. The number of anilines is 1. The number of methoxy groups -OCH3 is 1. The standard InChI is InChI=1S/C14H15FN2O3/c1-4-20-14(18)9-7-17-11-6-10(15)12(19-3)5-8(11)13(9)16-2/h5-7H,4H2,1-3H3,(H,16,17). The Bertz CT molecular complexity index is 658. The van der Waals surface area contributed by atoms with Crippen molar-refractivity contribution >= 4 is 22.6 Å². The third-order valence-corrected chi connectivity index (χ3v) is 2.89. The summed E-state index contributed by atoms with van der Waals surface area (Å²) in [6.07, 6.45) is 1.37. The Morgan fingerprint density at radius 2 is 2.20 bits per heavy atom. The summed E-state index contributed by atoms with van der Waals surface area (Å²) in [6, 6.07) is 2.77. The molecule has 5 nitrogen and oxygen atoms in total. The minimum absolute atomic E-state index is 0.0943. The molecule has 1 aromatic carbocycles. The lowest BCUT2D eigenvalue weighted by Crippen LogP contribution is -2.09. The molecule has 0 saturated heterocycles.